The molecule has 1 aromatic carbocycles. The van der Waals surface area contributed by atoms with Gasteiger partial charge in [0, 0.05) is 11.0 Å². The maximum atomic E-state index is 12.6. The van der Waals surface area contributed by atoms with Gasteiger partial charge in [-0.05, 0) is 13.0 Å². The molecular formula is C16H22N2O4S. The highest BCUT2D eigenvalue weighted by atomic mass is 32.2. The first kappa shape index (κ1) is 17.5. The van der Waals surface area contributed by atoms with Gasteiger partial charge in [0.15, 0.2) is 15.7 Å². The van der Waals surface area contributed by atoms with Crippen LogP contribution in [0.1, 0.15) is 50.2 Å². The average molecular weight is 338 g/mol. The lowest BCUT2D eigenvalue weighted by molar-refractivity contribution is 0.361. The molecule has 23 heavy (non-hydrogen) atoms. The third-order valence-electron chi connectivity index (χ3n) is 3.55. The number of methoxy groups -OCH3 is 1. The third kappa shape index (κ3) is 3.90. The zero-order valence-corrected chi connectivity index (χ0v) is 14.8. The predicted octanol–water partition coefficient (Wildman–Crippen LogP) is 3.05. The summed E-state index contributed by atoms with van der Waals surface area (Å²) in [7, 11) is -1.99. The van der Waals surface area contributed by atoms with Crippen LogP contribution in [0, 0.1) is 0 Å². The minimum absolute atomic E-state index is 0.116. The smallest absolute Gasteiger partial charge is 0.244 e. The van der Waals surface area contributed by atoms with E-state index in [2.05, 4.69) is 10.1 Å². The molecule has 0 amide bonds. The van der Waals surface area contributed by atoms with Crippen LogP contribution >= 0.6 is 0 Å². The number of nitrogens with zero attached hydrogens (tertiary/aromatic N) is 2. The molecule has 2 aromatic rings. The molecule has 1 atom stereocenters. The molecule has 0 unspecified atom stereocenters. The summed E-state index contributed by atoms with van der Waals surface area (Å²) < 4.78 is 35.7. The van der Waals surface area contributed by atoms with Crippen molar-refractivity contribution < 1.29 is 17.7 Å². The van der Waals surface area contributed by atoms with Crippen LogP contribution in [0.4, 0.5) is 0 Å². The Bertz CT molecular complexity index is 775. The van der Waals surface area contributed by atoms with E-state index in [-0.39, 0.29) is 17.1 Å². The van der Waals surface area contributed by atoms with Crippen LogP contribution < -0.4 is 4.74 Å². The molecule has 1 aromatic heterocycles. The van der Waals surface area contributed by atoms with E-state index in [0.717, 1.165) is 0 Å². The van der Waals surface area contributed by atoms with E-state index in [1.54, 1.807) is 31.2 Å². The SMILES string of the molecule is COc1ccccc1CS(=O)(=O)[C@H](C)c1nc(C(C)(C)C)no1. The Morgan fingerprint density at radius 3 is 2.48 bits per heavy atom. The highest BCUT2D eigenvalue weighted by Crippen LogP contribution is 2.29. The number of ether oxygens (including phenoxy) is 1. The summed E-state index contributed by atoms with van der Waals surface area (Å²) in [5.41, 5.74) is 0.311. The lowest BCUT2D eigenvalue weighted by Gasteiger charge is -2.12. The summed E-state index contributed by atoms with van der Waals surface area (Å²) in [4.78, 5) is 4.24. The average Bonchev–Trinajstić information content (AvgIpc) is 2.96. The zero-order valence-electron chi connectivity index (χ0n) is 14.0. The molecule has 0 aliphatic heterocycles. The van der Waals surface area contributed by atoms with Gasteiger partial charge in [-0.1, -0.05) is 44.1 Å². The Morgan fingerprint density at radius 2 is 1.91 bits per heavy atom. The largest absolute Gasteiger partial charge is 0.496 e. The van der Waals surface area contributed by atoms with Crippen LogP contribution in [0.25, 0.3) is 0 Å². The van der Waals surface area contributed by atoms with E-state index in [4.69, 9.17) is 9.26 Å². The van der Waals surface area contributed by atoms with Gasteiger partial charge >= 0.3 is 0 Å². The van der Waals surface area contributed by atoms with Gasteiger partial charge in [0.05, 0.1) is 12.9 Å². The van der Waals surface area contributed by atoms with Gasteiger partial charge in [0.25, 0.3) is 0 Å². The summed E-state index contributed by atoms with van der Waals surface area (Å²) in [5.74, 6) is 1.01. The van der Waals surface area contributed by atoms with E-state index in [1.807, 2.05) is 20.8 Å². The summed E-state index contributed by atoms with van der Waals surface area (Å²) in [6, 6.07) is 7.05. The monoisotopic (exact) mass is 338 g/mol. The van der Waals surface area contributed by atoms with Gasteiger partial charge in [0.1, 0.15) is 11.0 Å². The number of aromatic nitrogens is 2. The molecule has 6 nitrogen and oxygen atoms in total. The van der Waals surface area contributed by atoms with Crippen LogP contribution in [-0.4, -0.2) is 25.7 Å². The summed E-state index contributed by atoms with van der Waals surface area (Å²) in [5, 5.41) is 3.01. The molecule has 0 N–H and O–H groups in total. The molecule has 0 bridgehead atoms. The standard InChI is InChI=1S/C16H22N2O4S/c1-11(14-17-15(18-22-14)16(2,3)4)23(19,20)10-12-8-6-7-9-13(12)21-5/h6-9,11H,10H2,1-5H3/t11-/m1/s1. The number of hydrogen-bond donors (Lipinski definition) is 0. The number of benzene rings is 1. The Hall–Kier alpha value is -1.89. The fourth-order valence-corrected chi connectivity index (χ4v) is 3.35. The van der Waals surface area contributed by atoms with Crippen molar-refractivity contribution >= 4 is 9.84 Å². The second kappa shape index (κ2) is 6.31. The maximum Gasteiger partial charge on any atom is 0.244 e. The molecule has 0 fully saturated rings. The van der Waals surface area contributed by atoms with Gasteiger partial charge in [0.2, 0.25) is 5.89 Å². The Labute approximate surface area is 136 Å². The molecule has 2 rings (SSSR count). The van der Waals surface area contributed by atoms with Crippen molar-refractivity contribution in [2.24, 2.45) is 0 Å². The van der Waals surface area contributed by atoms with Crippen LogP contribution in [0.3, 0.4) is 0 Å². The van der Waals surface area contributed by atoms with E-state index < -0.39 is 15.1 Å². The molecule has 0 aliphatic carbocycles. The molecule has 0 saturated carbocycles. The number of sulfone groups is 1. The Morgan fingerprint density at radius 1 is 1.26 bits per heavy atom. The van der Waals surface area contributed by atoms with Gasteiger partial charge < -0.3 is 9.26 Å². The molecule has 0 saturated heterocycles. The minimum atomic E-state index is -3.51. The Balaban J connectivity index is 2.27. The quantitative estimate of drug-likeness (QED) is 0.833. The minimum Gasteiger partial charge on any atom is -0.496 e. The van der Waals surface area contributed by atoms with E-state index in [1.165, 1.54) is 7.11 Å². The van der Waals surface area contributed by atoms with Crippen molar-refractivity contribution in [2.75, 3.05) is 7.11 Å². The second-order valence-electron chi connectivity index (χ2n) is 6.47. The van der Waals surface area contributed by atoms with Gasteiger partial charge in [-0.25, -0.2) is 8.42 Å². The van der Waals surface area contributed by atoms with Crippen molar-refractivity contribution in [1.82, 2.24) is 10.1 Å². The van der Waals surface area contributed by atoms with Crippen molar-refractivity contribution in [3.63, 3.8) is 0 Å². The van der Waals surface area contributed by atoms with Crippen LogP contribution in [0.15, 0.2) is 28.8 Å². The molecule has 1 heterocycles. The van der Waals surface area contributed by atoms with Crippen molar-refractivity contribution in [2.45, 2.75) is 44.1 Å². The van der Waals surface area contributed by atoms with Crippen LogP contribution in [-0.2, 0) is 21.0 Å². The van der Waals surface area contributed by atoms with E-state index in [0.29, 0.717) is 17.1 Å². The lowest BCUT2D eigenvalue weighted by Crippen LogP contribution is -2.16. The first-order valence-corrected chi connectivity index (χ1v) is 9.04. The lowest BCUT2D eigenvalue weighted by atomic mass is 9.96. The molecule has 0 spiro atoms. The first-order chi connectivity index (χ1) is 10.6. The molecule has 0 radical (unpaired) electrons. The van der Waals surface area contributed by atoms with E-state index in [9.17, 15) is 8.42 Å². The highest BCUT2D eigenvalue weighted by Gasteiger charge is 2.31. The highest BCUT2D eigenvalue weighted by molar-refractivity contribution is 7.90. The maximum absolute atomic E-state index is 12.6. The fraction of sp³-hybridized carbons (Fsp3) is 0.500. The normalized spacial score (nSPS) is 13.8. The van der Waals surface area contributed by atoms with Crippen LogP contribution in [0.5, 0.6) is 5.75 Å². The zero-order chi connectivity index (χ0) is 17.3. The third-order valence-corrected chi connectivity index (χ3v) is 5.54. The topological polar surface area (TPSA) is 82.3 Å². The summed E-state index contributed by atoms with van der Waals surface area (Å²) >= 11 is 0. The van der Waals surface area contributed by atoms with Crippen LogP contribution in [0.2, 0.25) is 0 Å². The molecule has 7 heteroatoms. The molecule has 126 valence electrons. The fourth-order valence-electron chi connectivity index (χ4n) is 2.02. The van der Waals surface area contributed by atoms with Crippen molar-refractivity contribution in [3.8, 4) is 5.75 Å². The molecular weight excluding hydrogens is 316 g/mol. The predicted molar refractivity (Wildman–Crippen MR) is 87.0 cm³/mol. The summed E-state index contributed by atoms with van der Waals surface area (Å²) in [6.07, 6.45) is 0. The van der Waals surface area contributed by atoms with Crippen molar-refractivity contribution in [1.29, 1.82) is 0 Å². The Kier molecular flexibility index (Phi) is 4.79. The number of para-hydroxylation sites is 1. The van der Waals surface area contributed by atoms with Gasteiger partial charge in [-0.2, -0.15) is 4.98 Å². The second-order valence-corrected chi connectivity index (χ2v) is 8.79. The van der Waals surface area contributed by atoms with Crippen molar-refractivity contribution in [3.05, 3.63) is 41.5 Å². The number of rotatable bonds is 5. The molecule has 0 aliphatic rings. The summed E-state index contributed by atoms with van der Waals surface area (Å²) in [6.45, 7) is 7.38. The first-order valence-electron chi connectivity index (χ1n) is 7.32. The van der Waals surface area contributed by atoms with E-state index >= 15 is 0 Å². The number of hydrogen-bond acceptors (Lipinski definition) is 6. The van der Waals surface area contributed by atoms with Gasteiger partial charge in [-0.3, -0.25) is 0 Å². The van der Waals surface area contributed by atoms with Gasteiger partial charge in [-0.15, -0.1) is 0 Å².